The maximum Gasteiger partial charge on any atom is 0.225 e. The number of halogens is 1. The molecule has 2 fully saturated rings. The fourth-order valence-corrected chi connectivity index (χ4v) is 4.52. The highest BCUT2D eigenvalue weighted by Gasteiger charge is 2.29. The van der Waals surface area contributed by atoms with Crippen molar-refractivity contribution in [1.82, 2.24) is 20.1 Å². The Balaban J connectivity index is 1.17. The van der Waals surface area contributed by atoms with Gasteiger partial charge >= 0.3 is 0 Å². The summed E-state index contributed by atoms with van der Waals surface area (Å²) in [5.74, 6) is 0.265. The summed E-state index contributed by atoms with van der Waals surface area (Å²) in [6, 6.07) is 4.55. The zero-order valence-corrected chi connectivity index (χ0v) is 16.8. The molecule has 29 heavy (non-hydrogen) atoms. The van der Waals surface area contributed by atoms with Gasteiger partial charge < -0.3 is 15.2 Å². The average Bonchev–Trinajstić information content (AvgIpc) is 3.38. The summed E-state index contributed by atoms with van der Waals surface area (Å²) in [6.45, 7) is 4.68. The Morgan fingerprint density at radius 3 is 2.66 bits per heavy atom. The van der Waals surface area contributed by atoms with Crippen molar-refractivity contribution in [1.29, 1.82) is 0 Å². The van der Waals surface area contributed by atoms with Gasteiger partial charge in [0, 0.05) is 62.3 Å². The van der Waals surface area contributed by atoms with Crippen molar-refractivity contribution in [2.24, 2.45) is 5.92 Å². The van der Waals surface area contributed by atoms with Crippen molar-refractivity contribution in [2.45, 2.75) is 32.1 Å². The molecule has 7 heteroatoms. The van der Waals surface area contributed by atoms with Crippen molar-refractivity contribution in [3.05, 3.63) is 35.8 Å². The van der Waals surface area contributed by atoms with Crippen LogP contribution < -0.4 is 5.32 Å². The fraction of sp³-hybridized carbons (Fsp3) is 0.545. The summed E-state index contributed by atoms with van der Waals surface area (Å²) in [5, 5.41) is 3.85. The van der Waals surface area contributed by atoms with Gasteiger partial charge in [0.25, 0.3) is 0 Å². The topological polar surface area (TPSA) is 68.4 Å². The van der Waals surface area contributed by atoms with Gasteiger partial charge in [0.2, 0.25) is 11.8 Å². The van der Waals surface area contributed by atoms with E-state index in [0.29, 0.717) is 18.0 Å². The van der Waals surface area contributed by atoms with Crippen LogP contribution >= 0.6 is 0 Å². The minimum atomic E-state index is -0.291. The van der Waals surface area contributed by atoms with E-state index in [4.69, 9.17) is 0 Å². The van der Waals surface area contributed by atoms with Crippen molar-refractivity contribution in [3.8, 4) is 0 Å². The number of aromatic amines is 1. The first-order valence-electron chi connectivity index (χ1n) is 10.6. The summed E-state index contributed by atoms with van der Waals surface area (Å²) < 4.78 is 13.3. The minimum Gasteiger partial charge on any atom is -0.361 e. The van der Waals surface area contributed by atoms with E-state index in [2.05, 4.69) is 15.2 Å². The van der Waals surface area contributed by atoms with Crippen LogP contribution in [0.4, 0.5) is 4.39 Å². The van der Waals surface area contributed by atoms with Gasteiger partial charge in [0.1, 0.15) is 5.82 Å². The largest absolute Gasteiger partial charge is 0.361 e. The Hall–Kier alpha value is -2.41. The number of benzene rings is 1. The number of nitrogens with one attached hydrogen (secondary N) is 2. The van der Waals surface area contributed by atoms with E-state index in [-0.39, 0.29) is 24.1 Å². The number of carbonyl (C=O) groups is 2. The first kappa shape index (κ1) is 19.9. The average molecular weight is 400 g/mol. The number of nitrogens with zero attached hydrogens (tertiary/aromatic N) is 2. The molecule has 1 aromatic heterocycles. The normalized spacial score (nSPS) is 18.4. The highest BCUT2D eigenvalue weighted by molar-refractivity contribution is 5.88. The monoisotopic (exact) mass is 400 g/mol. The van der Waals surface area contributed by atoms with Gasteiger partial charge in [-0.25, -0.2) is 4.39 Å². The van der Waals surface area contributed by atoms with Crippen LogP contribution in [0.15, 0.2) is 24.4 Å². The zero-order valence-electron chi connectivity index (χ0n) is 16.8. The summed E-state index contributed by atoms with van der Waals surface area (Å²) >= 11 is 0. The molecule has 0 bridgehead atoms. The van der Waals surface area contributed by atoms with Crippen molar-refractivity contribution < 1.29 is 14.0 Å². The van der Waals surface area contributed by atoms with Crippen LogP contribution in [-0.2, 0) is 16.0 Å². The Labute approximate surface area is 170 Å². The van der Waals surface area contributed by atoms with Crippen LogP contribution in [0.1, 0.15) is 31.2 Å². The molecule has 2 N–H and O–H groups in total. The van der Waals surface area contributed by atoms with Crippen LogP contribution in [0.2, 0.25) is 0 Å². The molecule has 1 aliphatic carbocycles. The third-order valence-electron chi connectivity index (χ3n) is 6.22. The van der Waals surface area contributed by atoms with Crippen LogP contribution in [0, 0.1) is 11.7 Å². The molecular formula is C22H29FN4O2. The molecule has 2 aromatic rings. The molecule has 2 amide bonds. The van der Waals surface area contributed by atoms with Gasteiger partial charge in [0.15, 0.2) is 0 Å². The van der Waals surface area contributed by atoms with Gasteiger partial charge in [-0.15, -0.1) is 0 Å². The molecule has 4 rings (SSSR count). The second-order valence-electron chi connectivity index (χ2n) is 8.18. The molecule has 1 saturated carbocycles. The smallest absolute Gasteiger partial charge is 0.225 e. The SMILES string of the molecule is O=C(Cc1c[nH]c2cc(F)ccc12)NCCN1CCN(C(=O)C2CCCC2)CC1. The van der Waals surface area contributed by atoms with E-state index in [1.807, 2.05) is 4.90 Å². The summed E-state index contributed by atoms with van der Waals surface area (Å²) in [5.41, 5.74) is 1.58. The number of amides is 2. The quantitative estimate of drug-likeness (QED) is 0.782. The van der Waals surface area contributed by atoms with Gasteiger partial charge in [-0.3, -0.25) is 14.5 Å². The van der Waals surface area contributed by atoms with E-state index < -0.39 is 0 Å². The van der Waals surface area contributed by atoms with Gasteiger partial charge in [-0.2, -0.15) is 0 Å². The van der Waals surface area contributed by atoms with Crippen LogP contribution in [0.5, 0.6) is 0 Å². The lowest BCUT2D eigenvalue weighted by Gasteiger charge is -2.36. The van der Waals surface area contributed by atoms with E-state index >= 15 is 0 Å². The lowest BCUT2D eigenvalue weighted by Crippen LogP contribution is -2.51. The van der Waals surface area contributed by atoms with Crippen molar-refractivity contribution in [3.63, 3.8) is 0 Å². The third kappa shape index (κ3) is 4.78. The molecule has 2 aliphatic rings. The second-order valence-corrected chi connectivity index (χ2v) is 8.18. The zero-order chi connectivity index (χ0) is 20.2. The van der Waals surface area contributed by atoms with Crippen LogP contribution in [-0.4, -0.2) is 65.9 Å². The molecular weight excluding hydrogens is 371 g/mol. The molecule has 156 valence electrons. The second kappa shape index (κ2) is 8.95. The van der Waals surface area contributed by atoms with Gasteiger partial charge in [-0.05, 0) is 36.6 Å². The lowest BCUT2D eigenvalue weighted by molar-refractivity contribution is -0.137. The first-order valence-corrected chi connectivity index (χ1v) is 10.6. The number of rotatable bonds is 6. The standard InChI is InChI=1S/C22H29FN4O2/c23-18-5-6-19-17(15-25-20(19)14-18)13-21(28)24-7-8-26-9-11-27(12-10-26)22(29)16-3-1-2-4-16/h5-6,14-16,25H,1-4,7-13H2,(H,24,28). The van der Waals surface area contributed by atoms with E-state index in [9.17, 15) is 14.0 Å². The van der Waals surface area contributed by atoms with Crippen molar-refractivity contribution in [2.75, 3.05) is 39.3 Å². The predicted molar refractivity (Wildman–Crippen MR) is 110 cm³/mol. The van der Waals surface area contributed by atoms with Gasteiger partial charge in [-0.1, -0.05) is 12.8 Å². The molecule has 0 spiro atoms. The van der Waals surface area contributed by atoms with E-state index in [1.165, 1.54) is 25.0 Å². The summed E-state index contributed by atoms with van der Waals surface area (Å²) in [7, 11) is 0. The number of piperazine rings is 1. The highest BCUT2D eigenvalue weighted by Crippen LogP contribution is 2.27. The number of H-pyrrole nitrogens is 1. The number of aromatic nitrogens is 1. The maximum absolute atomic E-state index is 13.3. The predicted octanol–water partition coefficient (Wildman–Crippen LogP) is 2.30. The number of carbonyl (C=O) groups excluding carboxylic acids is 2. The minimum absolute atomic E-state index is 0.0368. The fourth-order valence-electron chi connectivity index (χ4n) is 4.52. The van der Waals surface area contributed by atoms with E-state index in [1.54, 1.807) is 12.3 Å². The van der Waals surface area contributed by atoms with Gasteiger partial charge in [0.05, 0.1) is 6.42 Å². The van der Waals surface area contributed by atoms with Crippen molar-refractivity contribution >= 4 is 22.7 Å². The molecule has 1 saturated heterocycles. The first-order chi connectivity index (χ1) is 14.1. The highest BCUT2D eigenvalue weighted by atomic mass is 19.1. The lowest BCUT2D eigenvalue weighted by atomic mass is 10.1. The third-order valence-corrected chi connectivity index (χ3v) is 6.22. The number of hydrogen-bond donors (Lipinski definition) is 2. The Kier molecular flexibility index (Phi) is 6.13. The van der Waals surface area contributed by atoms with Crippen LogP contribution in [0.25, 0.3) is 10.9 Å². The molecule has 6 nitrogen and oxygen atoms in total. The Morgan fingerprint density at radius 2 is 1.90 bits per heavy atom. The van der Waals surface area contributed by atoms with E-state index in [0.717, 1.165) is 56.5 Å². The number of fused-ring (bicyclic) bond motifs is 1. The molecule has 0 atom stereocenters. The van der Waals surface area contributed by atoms with Crippen LogP contribution in [0.3, 0.4) is 0 Å². The molecule has 1 aromatic carbocycles. The molecule has 2 heterocycles. The Bertz CT molecular complexity index is 867. The molecule has 1 aliphatic heterocycles. The summed E-state index contributed by atoms with van der Waals surface area (Å²) in [6.07, 6.45) is 6.52. The number of hydrogen-bond acceptors (Lipinski definition) is 3. The molecule has 0 radical (unpaired) electrons. The molecule has 0 unspecified atom stereocenters. The summed E-state index contributed by atoms with van der Waals surface area (Å²) in [4.78, 5) is 32.1. The maximum atomic E-state index is 13.3. The Morgan fingerprint density at radius 1 is 1.14 bits per heavy atom.